The van der Waals surface area contributed by atoms with Gasteiger partial charge < -0.3 is 21.9 Å². The lowest BCUT2D eigenvalue weighted by atomic mass is 10.2. The lowest BCUT2D eigenvalue weighted by molar-refractivity contribution is -0.126. The van der Waals surface area contributed by atoms with E-state index < -0.39 is 12.0 Å². The Morgan fingerprint density at radius 1 is 1.47 bits per heavy atom. The van der Waals surface area contributed by atoms with Crippen LogP contribution in [0.2, 0.25) is 0 Å². The van der Waals surface area contributed by atoms with Crippen LogP contribution in [0.5, 0.6) is 0 Å². The van der Waals surface area contributed by atoms with Crippen LogP contribution in [0.3, 0.4) is 0 Å². The highest BCUT2D eigenvalue weighted by Gasteiger charge is 2.12. The second-order valence-electron chi connectivity index (χ2n) is 3.48. The number of aliphatic hydroxyl groups excluding tert-OH is 1. The molecule has 7 heteroatoms. The van der Waals surface area contributed by atoms with Crippen LogP contribution in [0.15, 0.2) is 18.3 Å². The van der Waals surface area contributed by atoms with Gasteiger partial charge in [-0.05, 0) is 12.1 Å². The summed E-state index contributed by atoms with van der Waals surface area (Å²) in [7, 11) is 0. The van der Waals surface area contributed by atoms with Crippen molar-refractivity contribution in [3.63, 3.8) is 0 Å². The molecule has 6 N–H and O–H groups in total. The van der Waals surface area contributed by atoms with Crippen molar-refractivity contribution in [3.8, 4) is 0 Å². The van der Waals surface area contributed by atoms with Crippen LogP contribution in [-0.2, 0) is 16.0 Å². The third-order valence-corrected chi connectivity index (χ3v) is 2.01. The predicted octanol–water partition coefficient (Wildman–Crippen LogP) is -1.83. The van der Waals surface area contributed by atoms with Gasteiger partial charge >= 0.3 is 0 Å². The van der Waals surface area contributed by atoms with E-state index in [0.29, 0.717) is 11.4 Å². The van der Waals surface area contributed by atoms with E-state index in [2.05, 4.69) is 10.3 Å². The van der Waals surface area contributed by atoms with Crippen molar-refractivity contribution in [1.82, 2.24) is 10.3 Å². The summed E-state index contributed by atoms with van der Waals surface area (Å²) in [5, 5.41) is 11.4. The van der Waals surface area contributed by atoms with Crippen LogP contribution >= 0.6 is 0 Å². The number of amides is 2. The number of nitrogens with zero attached hydrogens (tertiary/aromatic N) is 1. The van der Waals surface area contributed by atoms with Gasteiger partial charge in [0.05, 0.1) is 24.8 Å². The number of anilines is 1. The molecule has 1 aromatic rings. The smallest absolute Gasteiger partial charge is 0.248 e. The van der Waals surface area contributed by atoms with E-state index in [1.807, 2.05) is 0 Å². The fraction of sp³-hybridized carbons (Fsp3) is 0.300. The second-order valence-corrected chi connectivity index (χ2v) is 3.48. The Kier molecular flexibility index (Phi) is 4.41. The molecule has 1 heterocycles. The lowest BCUT2D eigenvalue weighted by Crippen LogP contribution is -2.40. The number of nitrogens with two attached hydrogens (primary N) is 2. The maximum absolute atomic E-state index is 11.4. The number of aliphatic hydroxyl groups is 1. The number of primary amides is 1. The molecule has 0 saturated heterocycles. The molecule has 1 rings (SSSR count). The molecule has 7 nitrogen and oxygen atoms in total. The number of hydrogen-bond acceptors (Lipinski definition) is 5. The molecule has 0 aromatic carbocycles. The van der Waals surface area contributed by atoms with E-state index in [1.165, 1.54) is 6.20 Å². The molecular formula is C10H14N4O3. The normalized spacial score (nSPS) is 11.8. The molecule has 0 aliphatic heterocycles. The molecular weight excluding hydrogens is 224 g/mol. The van der Waals surface area contributed by atoms with Crippen molar-refractivity contribution in [2.75, 3.05) is 12.3 Å². The first-order valence-electron chi connectivity index (χ1n) is 4.93. The van der Waals surface area contributed by atoms with Crippen LogP contribution in [0, 0.1) is 0 Å². The van der Waals surface area contributed by atoms with Crippen molar-refractivity contribution in [2.24, 2.45) is 5.73 Å². The molecule has 0 bridgehead atoms. The average molecular weight is 238 g/mol. The van der Waals surface area contributed by atoms with Gasteiger partial charge in [0.25, 0.3) is 0 Å². The zero-order valence-corrected chi connectivity index (χ0v) is 9.09. The molecule has 0 fully saturated rings. The number of carbonyl (C=O) groups is 2. The number of nitrogens with one attached hydrogen (secondary N) is 1. The van der Waals surface area contributed by atoms with Crippen LogP contribution in [0.25, 0.3) is 0 Å². The van der Waals surface area contributed by atoms with Crippen molar-refractivity contribution >= 4 is 17.5 Å². The van der Waals surface area contributed by atoms with Crippen LogP contribution in [0.1, 0.15) is 5.69 Å². The van der Waals surface area contributed by atoms with Crippen molar-refractivity contribution in [2.45, 2.75) is 12.5 Å². The SMILES string of the molecule is NC(=O)C(O)CNC(=O)Cc1ccc(N)cn1. The molecule has 0 spiro atoms. The Hall–Kier alpha value is -2.15. The van der Waals surface area contributed by atoms with Gasteiger partial charge in [-0.2, -0.15) is 0 Å². The number of carbonyl (C=O) groups excluding carboxylic acids is 2. The van der Waals surface area contributed by atoms with Gasteiger partial charge in [0.15, 0.2) is 0 Å². The third-order valence-electron chi connectivity index (χ3n) is 2.01. The van der Waals surface area contributed by atoms with E-state index in [9.17, 15) is 9.59 Å². The summed E-state index contributed by atoms with van der Waals surface area (Å²) in [5.74, 6) is -1.24. The average Bonchev–Trinajstić information content (AvgIpc) is 2.29. The molecule has 0 aliphatic carbocycles. The minimum Gasteiger partial charge on any atom is -0.397 e. The second kappa shape index (κ2) is 5.80. The lowest BCUT2D eigenvalue weighted by Gasteiger charge is -2.08. The van der Waals surface area contributed by atoms with Crippen molar-refractivity contribution in [3.05, 3.63) is 24.0 Å². The van der Waals surface area contributed by atoms with Gasteiger partial charge in [-0.1, -0.05) is 0 Å². The molecule has 1 aromatic heterocycles. The Morgan fingerprint density at radius 2 is 2.18 bits per heavy atom. The van der Waals surface area contributed by atoms with E-state index >= 15 is 0 Å². The zero-order valence-electron chi connectivity index (χ0n) is 9.09. The monoisotopic (exact) mass is 238 g/mol. The maximum atomic E-state index is 11.4. The van der Waals surface area contributed by atoms with Gasteiger partial charge in [-0.3, -0.25) is 14.6 Å². The number of aromatic nitrogens is 1. The quantitative estimate of drug-likeness (QED) is 0.479. The Labute approximate surface area is 97.8 Å². The van der Waals surface area contributed by atoms with Gasteiger partial charge in [0.1, 0.15) is 6.10 Å². The Balaban J connectivity index is 2.39. The van der Waals surface area contributed by atoms with Crippen LogP contribution in [-0.4, -0.2) is 34.6 Å². The molecule has 17 heavy (non-hydrogen) atoms. The topological polar surface area (TPSA) is 131 Å². The maximum Gasteiger partial charge on any atom is 0.248 e. The number of nitrogen functional groups attached to an aromatic ring is 1. The van der Waals surface area contributed by atoms with Gasteiger partial charge in [-0.15, -0.1) is 0 Å². The highest BCUT2D eigenvalue weighted by Crippen LogP contribution is 2.01. The summed E-state index contributed by atoms with van der Waals surface area (Å²) in [5.41, 5.74) is 11.3. The summed E-state index contributed by atoms with van der Waals surface area (Å²) in [6.07, 6.45) is 0.116. The highest BCUT2D eigenvalue weighted by atomic mass is 16.3. The van der Waals surface area contributed by atoms with Gasteiger partial charge in [-0.25, -0.2) is 0 Å². The molecule has 92 valence electrons. The van der Waals surface area contributed by atoms with E-state index in [4.69, 9.17) is 16.6 Å². The minimum atomic E-state index is -1.38. The summed E-state index contributed by atoms with van der Waals surface area (Å²) < 4.78 is 0. The Morgan fingerprint density at radius 3 is 2.71 bits per heavy atom. The van der Waals surface area contributed by atoms with E-state index in [0.717, 1.165) is 0 Å². The summed E-state index contributed by atoms with van der Waals surface area (Å²) in [4.78, 5) is 25.8. The number of hydrogen-bond donors (Lipinski definition) is 4. The van der Waals surface area contributed by atoms with Crippen LogP contribution < -0.4 is 16.8 Å². The van der Waals surface area contributed by atoms with Crippen LogP contribution in [0.4, 0.5) is 5.69 Å². The molecule has 2 amide bonds. The minimum absolute atomic E-state index is 0.0474. The van der Waals surface area contributed by atoms with Gasteiger partial charge in [0.2, 0.25) is 11.8 Å². The van der Waals surface area contributed by atoms with Crippen molar-refractivity contribution < 1.29 is 14.7 Å². The molecule has 1 unspecified atom stereocenters. The molecule has 0 radical (unpaired) electrons. The van der Waals surface area contributed by atoms with E-state index in [-0.39, 0.29) is 18.9 Å². The number of rotatable bonds is 5. The summed E-state index contributed by atoms with van der Waals surface area (Å²) in [6.45, 7) is -0.205. The fourth-order valence-electron chi connectivity index (χ4n) is 1.08. The predicted molar refractivity (Wildman–Crippen MR) is 60.6 cm³/mol. The van der Waals surface area contributed by atoms with Crippen molar-refractivity contribution in [1.29, 1.82) is 0 Å². The molecule has 0 saturated carbocycles. The zero-order chi connectivity index (χ0) is 12.8. The first-order valence-corrected chi connectivity index (χ1v) is 4.93. The van der Waals surface area contributed by atoms with E-state index in [1.54, 1.807) is 12.1 Å². The molecule has 1 atom stereocenters. The Bertz CT molecular complexity index is 405. The largest absolute Gasteiger partial charge is 0.397 e. The molecule has 0 aliphatic rings. The summed E-state index contributed by atoms with van der Waals surface area (Å²) in [6, 6.07) is 3.26. The standard InChI is InChI=1S/C10H14N4O3/c11-6-1-2-7(13-4-6)3-9(16)14-5-8(15)10(12)17/h1-2,4,8,15H,3,5,11H2,(H2,12,17)(H,14,16). The number of pyridine rings is 1. The summed E-state index contributed by atoms with van der Waals surface area (Å²) >= 11 is 0. The third kappa shape index (κ3) is 4.47. The first kappa shape index (κ1) is 12.9. The van der Waals surface area contributed by atoms with Gasteiger partial charge in [0, 0.05) is 5.69 Å². The fourth-order valence-corrected chi connectivity index (χ4v) is 1.08. The highest BCUT2D eigenvalue weighted by molar-refractivity contribution is 5.81. The first-order chi connectivity index (χ1) is 7.99.